The fourth-order valence-electron chi connectivity index (χ4n) is 2.47. The van der Waals surface area contributed by atoms with Crippen molar-refractivity contribution in [2.45, 2.75) is 31.8 Å². The van der Waals surface area contributed by atoms with E-state index in [-0.39, 0.29) is 19.2 Å². The van der Waals surface area contributed by atoms with E-state index in [0.717, 1.165) is 24.8 Å². The zero-order valence-corrected chi connectivity index (χ0v) is 12.5. The van der Waals surface area contributed by atoms with E-state index in [9.17, 15) is 13.5 Å². The Kier molecular flexibility index (Phi) is 5.09. The first-order valence-corrected chi connectivity index (χ1v) is 8.18. The second-order valence-electron chi connectivity index (χ2n) is 5.07. The van der Waals surface area contributed by atoms with Gasteiger partial charge in [0.2, 0.25) is 0 Å². The zero-order valence-electron chi connectivity index (χ0n) is 11.6. The number of hydrogen-bond donors (Lipinski definition) is 1. The molecule has 0 saturated carbocycles. The highest BCUT2D eigenvalue weighted by atomic mass is 32.2. The first-order chi connectivity index (χ1) is 9.55. The van der Waals surface area contributed by atoms with E-state index in [2.05, 4.69) is 4.98 Å². The Morgan fingerprint density at radius 1 is 1.50 bits per heavy atom. The predicted octanol–water partition coefficient (Wildman–Crippen LogP) is 0.605. The molecule has 6 nitrogen and oxygen atoms in total. The van der Waals surface area contributed by atoms with Crippen molar-refractivity contribution in [3.63, 3.8) is 0 Å². The Labute approximate surface area is 120 Å². The lowest BCUT2D eigenvalue weighted by Gasteiger charge is -2.36. The van der Waals surface area contributed by atoms with Gasteiger partial charge < -0.3 is 5.11 Å². The molecule has 0 radical (unpaired) electrons. The van der Waals surface area contributed by atoms with Crippen LogP contribution in [0.1, 0.15) is 24.8 Å². The van der Waals surface area contributed by atoms with Gasteiger partial charge in [0.05, 0.1) is 6.61 Å². The molecule has 0 aliphatic carbocycles. The molecular formula is C13H21N3O3S. The molecule has 1 aromatic rings. The van der Waals surface area contributed by atoms with Crippen molar-refractivity contribution in [1.82, 2.24) is 13.6 Å². The van der Waals surface area contributed by atoms with E-state index in [1.807, 2.05) is 6.07 Å². The summed E-state index contributed by atoms with van der Waals surface area (Å²) in [6, 6.07) is 3.33. The lowest BCUT2D eigenvalue weighted by Crippen LogP contribution is -2.50. The molecule has 2 heterocycles. The summed E-state index contributed by atoms with van der Waals surface area (Å²) in [6.45, 7) is 0.635. The molecule has 2 rings (SSSR count). The zero-order chi connectivity index (χ0) is 14.6. The predicted molar refractivity (Wildman–Crippen MR) is 76.1 cm³/mol. The Morgan fingerprint density at radius 2 is 2.30 bits per heavy atom. The molecule has 112 valence electrons. The van der Waals surface area contributed by atoms with Gasteiger partial charge in [0.1, 0.15) is 0 Å². The van der Waals surface area contributed by atoms with Crippen LogP contribution >= 0.6 is 0 Å². The van der Waals surface area contributed by atoms with E-state index in [0.29, 0.717) is 6.54 Å². The van der Waals surface area contributed by atoms with Crippen molar-refractivity contribution in [3.8, 4) is 0 Å². The molecule has 0 amide bonds. The summed E-state index contributed by atoms with van der Waals surface area (Å²) in [4.78, 5) is 3.99. The molecule has 20 heavy (non-hydrogen) atoms. The van der Waals surface area contributed by atoms with Crippen molar-refractivity contribution in [2.75, 3.05) is 20.2 Å². The highest BCUT2D eigenvalue weighted by molar-refractivity contribution is 7.86. The van der Waals surface area contributed by atoms with Gasteiger partial charge in [-0.1, -0.05) is 12.5 Å². The van der Waals surface area contributed by atoms with Gasteiger partial charge in [-0.2, -0.15) is 17.0 Å². The molecule has 0 bridgehead atoms. The molecule has 1 aliphatic heterocycles. The van der Waals surface area contributed by atoms with Crippen LogP contribution in [0.4, 0.5) is 0 Å². The third-order valence-corrected chi connectivity index (χ3v) is 5.59. The van der Waals surface area contributed by atoms with Gasteiger partial charge in [-0.05, 0) is 24.5 Å². The fourth-order valence-corrected chi connectivity index (χ4v) is 4.05. The summed E-state index contributed by atoms with van der Waals surface area (Å²) < 4.78 is 27.9. The molecule has 7 heteroatoms. The second-order valence-corrected chi connectivity index (χ2v) is 7.06. The summed E-state index contributed by atoms with van der Waals surface area (Å²) >= 11 is 0. The Hall–Kier alpha value is -1.02. The normalized spacial score (nSPS) is 21.2. The molecule has 1 fully saturated rings. The third kappa shape index (κ3) is 3.35. The van der Waals surface area contributed by atoms with Crippen LogP contribution in [0.5, 0.6) is 0 Å². The van der Waals surface area contributed by atoms with Crippen LogP contribution in [0.3, 0.4) is 0 Å². The molecule has 0 spiro atoms. The second kappa shape index (κ2) is 6.62. The third-order valence-electron chi connectivity index (χ3n) is 3.60. The SMILES string of the molecule is CN(Cc1cccnc1)S(=O)(=O)N1CCCCC1CO. The maximum absolute atomic E-state index is 12.6. The summed E-state index contributed by atoms with van der Waals surface area (Å²) in [5, 5.41) is 9.36. The van der Waals surface area contributed by atoms with Gasteiger partial charge in [-0.25, -0.2) is 0 Å². The molecule has 1 N–H and O–H groups in total. The van der Waals surface area contributed by atoms with Gasteiger partial charge in [0.25, 0.3) is 10.2 Å². The van der Waals surface area contributed by atoms with Crippen LogP contribution in [0, 0.1) is 0 Å². The lowest BCUT2D eigenvalue weighted by atomic mass is 10.1. The van der Waals surface area contributed by atoms with Crippen molar-refractivity contribution in [1.29, 1.82) is 0 Å². The number of rotatable bonds is 5. The van der Waals surface area contributed by atoms with Crippen LogP contribution < -0.4 is 0 Å². The smallest absolute Gasteiger partial charge is 0.282 e. The molecular weight excluding hydrogens is 278 g/mol. The molecule has 1 saturated heterocycles. The molecule has 1 aromatic heterocycles. The van der Waals surface area contributed by atoms with Crippen molar-refractivity contribution < 1.29 is 13.5 Å². The van der Waals surface area contributed by atoms with Gasteiger partial charge >= 0.3 is 0 Å². The van der Waals surface area contributed by atoms with E-state index >= 15 is 0 Å². The summed E-state index contributed by atoms with van der Waals surface area (Å²) in [7, 11) is -1.98. The van der Waals surface area contributed by atoms with Crippen LogP contribution in [0.15, 0.2) is 24.5 Å². The topological polar surface area (TPSA) is 73.7 Å². The summed E-state index contributed by atoms with van der Waals surface area (Å²) in [6.07, 6.45) is 5.84. The number of aromatic nitrogens is 1. The maximum atomic E-state index is 12.6. The van der Waals surface area contributed by atoms with Gasteiger partial charge in [-0.15, -0.1) is 0 Å². The minimum Gasteiger partial charge on any atom is -0.395 e. The van der Waals surface area contributed by atoms with E-state index in [1.54, 1.807) is 25.5 Å². The van der Waals surface area contributed by atoms with Crippen molar-refractivity contribution in [2.24, 2.45) is 0 Å². The minimum atomic E-state index is -3.54. The van der Waals surface area contributed by atoms with E-state index in [4.69, 9.17) is 0 Å². The molecule has 0 aromatic carbocycles. The van der Waals surface area contributed by atoms with Crippen LogP contribution in [0.2, 0.25) is 0 Å². The minimum absolute atomic E-state index is 0.125. The first-order valence-electron chi connectivity index (χ1n) is 6.78. The summed E-state index contributed by atoms with van der Waals surface area (Å²) in [5.41, 5.74) is 0.844. The van der Waals surface area contributed by atoms with E-state index in [1.165, 1.54) is 8.61 Å². The fraction of sp³-hybridized carbons (Fsp3) is 0.615. The van der Waals surface area contributed by atoms with Gasteiger partial charge in [-0.3, -0.25) is 4.98 Å². The number of nitrogens with zero attached hydrogens (tertiary/aromatic N) is 3. The Bertz CT molecular complexity index is 521. The largest absolute Gasteiger partial charge is 0.395 e. The van der Waals surface area contributed by atoms with Crippen LogP contribution in [-0.4, -0.2) is 53.4 Å². The quantitative estimate of drug-likeness (QED) is 0.864. The summed E-state index contributed by atoms with van der Waals surface area (Å²) in [5.74, 6) is 0. The Balaban J connectivity index is 2.12. The van der Waals surface area contributed by atoms with Crippen molar-refractivity contribution >= 4 is 10.2 Å². The number of aliphatic hydroxyl groups is 1. The Morgan fingerprint density at radius 3 is 2.95 bits per heavy atom. The molecule has 1 unspecified atom stereocenters. The van der Waals surface area contributed by atoms with Gasteiger partial charge in [0, 0.05) is 38.6 Å². The highest BCUT2D eigenvalue weighted by Crippen LogP contribution is 2.22. The van der Waals surface area contributed by atoms with Crippen molar-refractivity contribution in [3.05, 3.63) is 30.1 Å². The number of hydrogen-bond acceptors (Lipinski definition) is 4. The average molecular weight is 299 g/mol. The molecule has 1 aliphatic rings. The molecule has 1 atom stereocenters. The average Bonchev–Trinajstić information content (AvgIpc) is 2.48. The number of pyridine rings is 1. The van der Waals surface area contributed by atoms with Crippen LogP contribution in [0.25, 0.3) is 0 Å². The van der Waals surface area contributed by atoms with Gasteiger partial charge in [0.15, 0.2) is 0 Å². The lowest BCUT2D eigenvalue weighted by molar-refractivity contribution is 0.149. The number of aliphatic hydroxyl groups excluding tert-OH is 1. The number of piperidine rings is 1. The van der Waals surface area contributed by atoms with Crippen LogP contribution in [-0.2, 0) is 16.8 Å². The maximum Gasteiger partial charge on any atom is 0.282 e. The first kappa shape index (κ1) is 15.4. The monoisotopic (exact) mass is 299 g/mol. The standard InChI is InChI=1S/C13H21N3O3S/c1-15(10-12-5-4-7-14-9-12)20(18,19)16-8-3-2-6-13(16)11-17/h4-5,7,9,13,17H,2-3,6,8,10-11H2,1H3. The van der Waals surface area contributed by atoms with E-state index < -0.39 is 10.2 Å². The highest BCUT2D eigenvalue weighted by Gasteiger charge is 2.34.